The predicted molar refractivity (Wildman–Crippen MR) is 149 cm³/mol. The van der Waals surface area contributed by atoms with Crippen LogP contribution in [0.1, 0.15) is 31.7 Å². The number of amides is 1. The molecule has 37 heavy (non-hydrogen) atoms. The number of rotatable bonds is 10. The van der Waals surface area contributed by atoms with Crippen LogP contribution < -0.4 is 9.64 Å². The third-order valence-electron chi connectivity index (χ3n) is 6.86. The van der Waals surface area contributed by atoms with E-state index in [-0.39, 0.29) is 16.7 Å². The summed E-state index contributed by atoms with van der Waals surface area (Å²) < 4.78 is 34.0. The molecule has 0 radical (unpaired) electrons. The molecule has 0 spiro atoms. The normalized spacial score (nSPS) is 15.4. The number of aromatic nitrogens is 1. The number of anilines is 1. The fourth-order valence-corrected chi connectivity index (χ4v) is 7.21. The number of fused-ring (bicyclic) bond motifs is 1. The summed E-state index contributed by atoms with van der Waals surface area (Å²) in [5.41, 5.74) is 2.15. The zero-order valence-electron chi connectivity index (χ0n) is 22.0. The Morgan fingerprint density at radius 3 is 2.43 bits per heavy atom. The summed E-state index contributed by atoms with van der Waals surface area (Å²) in [7, 11) is 1.98. The van der Waals surface area contributed by atoms with Crippen molar-refractivity contribution in [3.05, 3.63) is 48.0 Å². The van der Waals surface area contributed by atoms with Crippen molar-refractivity contribution in [3.8, 4) is 5.75 Å². The highest BCUT2D eigenvalue weighted by Gasteiger charge is 2.35. The highest BCUT2D eigenvalue weighted by atomic mass is 32.2. The highest BCUT2D eigenvalue weighted by molar-refractivity contribution is 7.89. The summed E-state index contributed by atoms with van der Waals surface area (Å²) in [4.78, 5) is 22.9. The van der Waals surface area contributed by atoms with Crippen LogP contribution in [0.5, 0.6) is 5.75 Å². The van der Waals surface area contributed by atoms with Crippen molar-refractivity contribution in [2.75, 3.05) is 52.3 Å². The van der Waals surface area contributed by atoms with Crippen LogP contribution in [0.15, 0.2) is 47.4 Å². The lowest BCUT2D eigenvalue weighted by Gasteiger charge is -2.33. The first-order valence-corrected chi connectivity index (χ1v) is 15.0. The number of carbonyl (C=O) groups excluding carboxylic acids is 1. The van der Waals surface area contributed by atoms with Crippen LogP contribution >= 0.6 is 11.3 Å². The number of para-hydroxylation sites is 1. The van der Waals surface area contributed by atoms with Crippen LogP contribution in [0.4, 0.5) is 5.13 Å². The summed E-state index contributed by atoms with van der Waals surface area (Å²) in [6, 6.07) is 12.6. The lowest BCUT2D eigenvalue weighted by atomic mass is 9.96. The average Bonchev–Trinajstić information content (AvgIpc) is 3.35. The number of carbonyl (C=O) groups is 1. The lowest BCUT2D eigenvalue weighted by molar-refractivity contribution is -0.123. The van der Waals surface area contributed by atoms with Crippen molar-refractivity contribution in [2.45, 2.75) is 37.5 Å². The number of methoxy groups -OCH3 is 1. The number of hydrogen-bond acceptors (Lipinski definition) is 7. The number of benzene rings is 2. The van der Waals surface area contributed by atoms with E-state index in [1.165, 1.54) is 9.87 Å². The van der Waals surface area contributed by atoms with E-state index >= 15 is 0 Å². The maximum absolute atomic E-state index is 13.8. The molecular formula is C27H36N4O4S2. The SMILES string of the molecule is CCc1cccc2sc(N(CCCN(C)C)C(=O)C3CCN(S(=O)(=O)c4ccc(OC)cc4)CC3)nc12. The molecule has 10 heteroatoms. The van der Waals surface area contributed by atoms with Crippen molar-refractivity contribution in [2.24, 2.45) is 5.92 Å². The Balaban J connectivity index is 1.50. The first-order chi connectivity index (χ1) is 17.7. The predicted octanol–water partition coefficient (Wildman–Crippen LogP) is 4.25. The number of piperidine rings is 1. The third kappa shape index (κ3) is 6.14. The second kappa shape index (κ2) is 11.9. The minimum absolute atomic E-state index is 0.0392. The molecule has 0 unspecified atom stereocenters. The van der Waals surface area contributed by atoms with E-state index in [1.54, 1.807) is 42.7 Å². The van der Waals surface area contributed by atoms with Gasteiger partial charge in [0.1, 0.15) is 5.75 Å². The summed E-state index contributed by atoms with van der Waals surface area (Å²) >= 11 is 1.55. The third-order valence-corrected chi connectivity index (χ3v) is 9.81. The fourth-order valence-electron chi connectivity index (χ4n) is 4.70. The minimum atomic E-state index is -3.62. The lowest BCUT2D eigenvalue weighted by Crippen LogP contribution is -2.45. The Labute approximate surface area is 223 Å². The van der Waals surface area contributed by atoms with Gasteiger partial charge in [0.05, 0.1) is 22.2 Å². The van der Waals surface area contributed by atoms with Gasteiger partial charge in [-0.1, -0.05) is 30.4 Å². The number of ether oxygens (including phenoxy) is 1. The van der Waals surface area contributed by atoms with Crippen molar-refractivity contribution in [1.82, 2.24) is 14.2 Å². The monoisotopic (exact) mass is 544 g/mol. The van der Waals surface area contributed by atoms with E-state index in [4.69, 9.17) is 9.72 Å². The van der Waals surface area contributed by atoms with Gasteiger partial charge >= 0.3 is 0 Å². The zero-order valence-corrected chi connectivity index (χ0v) is 23.6. The van der Waals surface area contributed by atoms with Gasteiger partial charge in [-0.25, -0.2) is 13.4 Å². The number of aryl methyl sites for hydroxylation is 1. The molecule has 0 bridgehead atoms. The van der Waals surface area contributed by atoms with Gasteiger partial charge < -0.3 is 9.64 Å². The molecule has 0 N–H and O–H groups in total. The van der Waals surface area contributed by atoms with E-state index in [0.29, 0.717) is 38.2 Å². The Bertz CT molecular complexity index is 1310. The maximum Gasteiger partial charge on any atom is 0.243 e. The van der Waals surface area contributed by atoms with Crippen molar-refractivity contribution in [1.29, 1.82) is 0 Å². The first-order valence-electron chi connectivity index (χ1n) is 12.7. The molecule has 0 saturated carbocycles. The van der Waals surface area contributed by atoms with Crippen molar-refractivity contribution >= 4 is 42.6 Å². The zero-order chi connectivity index (χ0) is 26.6. The summed E-state index contributed by atoms with van der Waals surface area (Å²) in [5.74, 6) is 0.412. The molecule has 1 aliphatic rings. The Hall–Kier alpha value is -2.53. The summed E-state index contributed by atoms with van der Waals surface area (Å²) in [6.45, 7) is 4.20. The van der Waals surface area contributed by atoms with Gasteiger partial charge in [0, 0.05) is 25.6 Å². The minimum Gasteiger partial charge on any atom is -0.497 e. The molecule has 1 amide bonds. The highest BCUT2D eigenvalue weighted by Crippen LogP contribution is 2.33. The van der Waals surface area contributed by atoms with Gasteiger partial charge in [0.25, 0.3) is 0 Å². The Morgan fingerprint density at radius 1 is 1.11 bits per heavy atom. The topological polar surface area (TPSA) is 83.0 Å². The number of nitrogens with zero attached hydrogens (tertiary/aromatic N) is 4. The van der Waals surface area contributed by atoms with Crippen molar-refractivity contribution in [3.63, 3.8) is 0 Å². The maximum atomic E-state index is 13.8. The molecule has 0 atom stereocenters. The molecule has 1 saturated heterocycles. The number of thiazole rings is 1. The van der Waals surface area contributed by atoms with E-state index in [2.05, 4.69) is 24.0 Å². The molecule has 0 aliphatic carbocycles. The van der Waals surface area contributed by atoms with Crippen LogP contribution in [-0.2, 0) is 21.2 Å². The second-order valence-electron chi connectivity index (χ2n) is 9.61. The van der Waals surface area contributed by atoms with Gasteiger partial charge in [0.15, 0.2) is 5.13 Å². The molecule has 1 aliphatic heterocycles. The molecule has 3 aromatic rings. The molecule has 2 heterocycles. The van der Waals surface area contributed by atoms with E-state index in [0.717, 1.165) is 34.7 Å². The van der Waals surface area contributed by atoms with Crippen LogP contribution in [0.25, 0.3) is 10.2 Å². The molecule has 1 fully saturated rings. The van der Waals surface area contributed by atoms with E-state index < -0.39 is 10.0 Å². The second-order valence-corrected chi connectivity index (χ2v) is 12.6. The van der Waals surface area contributed by atoms with E-state index in [9.17, 15) is 13.2 Å². The van der Waals surface area contributed by atoms with Gasteiger partial charge in [-0.3, -0.25) is 9.69 Å². The fraction of sp³-hybridized carbons (Fsp3) is 0.481. The van der Waals surface area contributed by atoms with Crippen LogP contribution in [0, 0.1) is 5.92 Å². The van der Waals surface area contributed by atoms with Gasteiger partial charge in [0.2, 0.25) is 15.9 Å². The molecule has 2 aromatic carbocycles. The smallest absolute Gasteiger partial charge is 0.243 e. The molecule has 200 valence electrons. The van der Waals surface area contributed by atoms with Gasteiger partial charge in [-0.15, -0.1) is 0 Å². The Morgan fingerprint density at radius 2 is 1.81 bits per heavy atom. The molecule has 4 rings (SSSR count). The molecule has 8 nitrogen and oxygen atoms in total. The summed E-state index contributed by atoms with van der Waals surface area (Å²) in [5, 5.41) is 0.730. The molecule has 1 aromatic heterocycles. The van der Waals surface area contributed by atoms with E-state index in [1.807, 2.05) is 25.1 Å². The van der Waals surface area contributed by atoms with Gasteiger partial charge in [-0.2, -0.15) is 4.31 Å². The van der Waals surface area contributed by atoms with Gasteiger partial charge in [-0.05, 0) is 82.2 Å². The van der Waals surface area contributed by atoms with Crippen LogP contribution in [0.3, 0.4) is 0 Å². The molecular weight excluding hydrogens is 508 g/mol. The van der Waals surface area contributed by atoms with Crippen LogP contribution in [-0.4, -0.2) is 75.9 Å². The standard InChI is InChI=1S/C27H36N4O4S2/c1-5-20-8-6-9-24-25(20)28-27(36-24)31(17-7-16-29(2)3)26(32)21-14-18-30(19-15-21)37(33,34)23-12-10-22(35-4)11-13-23/h6,8-13,21H,5,7,14-19H2,1-4H3. The largest absolute Gasteiger partial charge is 0.497 e. The number of sulfonamides is 1. The van der Waals surface area contributed by atoms with Crippen molar-refractivity contribution < 1.29 is 17.9 Å². The summed E-state index contributed by atoms with van der Waals surface area (Å²) in [6.07, 6.45) is 2.70. The first kappa shape index (κ1) is 27.5. The van der Waals surface area contributed by atoms with Crippen LogP contribution in [0.2, 0.25) is 0 Å². The Kier molecular flexibility index (Phi) is 8.84. The average molecular weight is 545 g/mol. The quantitative estimate of drug-likeness (QED) is 0.380. The number of hydrogen-bond donors (Lipinski definition) is 0.